The molecule has 0 fully saturated rings. The predicted octanol–water partition coefficient (Wildman–Crippen LogP) is 2.39. The number of carbonyl (C=O) groups is 1. The number of benzene rings is 1. The maximum Gasteiger partial charge on any atom is 0.120 e. The molecular formula is C11H13O. The fourth-order valence-electron chi connectivity index (χ4n) is 1.10. The Morgan fingerprint density at radius 2 is 1.92 bits per heavy atom. The summed E-state index contributed by atoms with van der Waals surface area (Å²) in [5.41, 5.74) is 2.46. The molecule has 1 nitrogen and oxygen atoms in total. The Kier molecular flexibility index (Phi) is 3.52. The molecule has 1 aromatic carbocycles. The molecule has 0 amide bonds. The summed E-state index contributed by atoms with van der Waals surface area (Å²) in [7, 11) is 0. The summed E-state index contributed by atoms with van der Waals surface area (Å²) in [6.07, 6.45) is 4.49. The van der Waals surface area contributed by atoms with Gasteiger partial charge in [0.25, 0.3) is 0 Å². The first-order chi connectivity index (χ1) is 5.86. The number of aldehydes is 1. The zero-order valence-electron chi connectivity index (χ0n) is 7.29. The molecule has 0 spiro atoms. The summed E-state index contributed by atoms with van der Waals surface area (Å²) in [6, 6.07) is 8.28. The number of rotatable bonds is 4. The summed E-state index contributed by atoms with van der Waals surface area (Å²) >= 11 is 0. The molecule has 12 heavy (non-hydrogen) atoms. The van der Waals surface area contributed by atoms with Crippen molar-refractivity contribution in [2.45, 2.75) is 19.8 Å². The highest BCUT2D eigenvalue weighted by molar-refractivity contribution is 5.50. The minimum absolute atomic E-state index is 0.620. The van der Waals surface area contributed by atoms with E-state index in [1.54, 1.807) is 0 Å². The largest absolute Gasteiger partial charge is 0.303 e. The molecule has 0 aliphatic heterocycles. The molecule has 0 aliphatic carbocycles. The van der Waals surface area contributed by atoms with Crippen molar-refractivity contribution in [3.05, 3.63) is 41.8 Å². The first kappa shape index (κ1) is 8.98. The van der Waals surface area contributed by atoms with Gasteiger partial charge in [0.05, 0.1) is 0 Å². The average molecular weight is 161 g/mol. The van der Waals surface area contributed by atoms with Crippen molar-refractivity contribution in [1.82, 2.24) is 0 Å². The van der Waals surface area contributed by atoms with E-state index >= 15 is 0 Å². The second-order valence-electron chi connectivity index (χ2n) is 2.74. The van der Waals surface area contributed by atoms with Gasteiger partial charge in [0.1, 0.15) is 6.29 Å². The van der Waals surface area contributed by atoms with E-state index in [0.717, 1.165) is 12.7 Å². The van der Waals surface area contributed by atoms with Gasteiger partial charge in [0, 0.05) is 6.42 Å². The molecule has 0 saturated heterocycles. The Bertz CT molecular complexity index is 236. The lowest BCUT2D eigenvalue weighted by Crippen LogP contribution is -1.86. The second-order valence-corrected chi connectivity index (χ2v) is 2.74. The summed E-state index contributed by atoms with van der Waals surface area (Å²) in [4.78, 5) is 10.1. The molecule has 1 rings (SSSR count). The van der Waals surface area contributed by atoms with Gasteiger partial charge in [-0.1, -0.05) is 31.2 Å². The molecule has 0 heterocycles. The minimum Gasteiger partial charge on any atom is -0.303 e. The molecule has 0 aromatic heterocycles. The lowest BCUT2D eigenvalue weighted by molar-refractivity contribution is -0.107. The van der Waals surface area contributed by atoms with Crippen molar-refractivity contribution in [3.8, 4) is 0 Å². The number of hydrogen-bond donors (Lipinski definition) is 0. The zero-order chi connectivity index (χ0) is 8.81. The smallest absolute Gasteiger partial charge is 0.120 e. The molecule has 0 atom stereocenters. The molecule has 63 valence electrons. The standard InChI is InChI=1S/C11H13O/c1-2-10-5-7-11(8-6-10)4-3-9-12/h2,5-9H,3-4H2,1H3. The van der Waals surface area contributed by atoms with E-state index < -0.39 is 0 Å². The summed E-state index contributed by atoms with van der Waals surface area (Å²) in [6.45, 7) is 2.01. The fraction of sp³-hybridized carbons (Fsp3) is 0.273. The van der Waals surface area contributed by atoms with E-state index in [1.807, 2.05) is 6.92 Å². The molecule has 0 saturated carbocycles. The van der Waals surface area contributed by atoms with E-state index in [4.69, 9.17) is 0 Å². The van der Waals surface area contributed by atoms with Crippen LogP contribution in [0.25, 0.3) is 0 Å². The zero-order valence-corrected chi connectivity index (χ0v) is 7.29. The van der Waals surface area contributed by atoms with Crippen molar-refractivity contribution >= 4 is 6.29 Å². The van der Waals surface area contributed by atoms with E-state index in [9.17, 15) is 4.79 Å². The maximum atomic E-state index is 10.1. The molecule has 0 bridgehead atoms. The van der Waals surface area contributed by atoms with Crippen LogP contribution in [0.5, 0.6) is 0 Å². The quantitative estimate of drug-likeness (QED) is 0.620. The molecule has 1 aromatic rings. The van der Waals surface area contributed by atoms with Gasteiger partial charge in [-0.3, -0.25) is 0 Å². The molecule has 0 aliphatic rings. The van der Waals surface area contributed by atoms with Gasteiger partial charge in [-0.05, 0) is 24.0 Å². The van der Waals surface area contributed by atoms with E-state index in [1.165, 1.54) is 11.1 Å². The first-order valence-electron chi connectivity index (χ1n) is 4.18. The number of carbonyl (C=O) groups excluding carboxylic acids is 1. The number of aryl methyl sites for hydroxylation is 1. The van der Waals surface area contributed by atoms with Crippen LogP contribution in [0.4, 0.5) is 0 Å². The van der Waals surface area contributed by atoms with Crippen LogP contribution in [-0.4, -0.2) is 6.29 Å². The van der Waals surface area contributed by atoms with Crippen LogP contribution in [0, 0.1) is 6.42 Å². The Hall–Kier alpha value is -1.11. The van der Waals surface area contributed by atoms with Crippen LogP contribution >= 0.6 is 0 Å². The third kappa shape index (κ3) is 2.50. The van der Waals surface area contributed by atoms with Gasteiger partial charge < -0.3 is 4.79 Å². The third-order valence-electron chi connectivity index (χ3n) is 1.86. The van der Waals surface area contributed by atoms with Crippen molar-refractivity contribution < 1.29 is 4.79 Å². The Morgan fingerprint density at radius 3 is 2.42 bits per heavy atom. The fourth-order valence-corrected chi connectivity index (χ4v) is 1.10. The second kappa shape index (κ2) is 4.70. The summed E-state index contributed by atoms with van der Waals surface area (Å²) in [5.74, 6) is 0. The maximum absolute atomic E-state index is 10.1. The normalized spacial score (nSPS) is 9.75. The Balaban J connectivity index is 2.58. The van der Waals surface area contributed by atoms with Gasteiger partial charge >= 0.3 is 0 Å². The lowest BCUT2D eigenvalue weighted by atomic mass is 10.1. The lowest BCUT2D eigenvalue weighted by Gasteiger charge is -1.99. The minimum atomic E-state index is 0.620. The van der Waals surface area contributed by atoms with Crippen LogP contribution in [0.1, 0.15) is 24.5 Å². The van der Waals surface area contributed by atoms with E-state index in [-0.39, 0.29) is 0 Å². The average Bonchev–Trinajstić information content (AvgIpc) is 2.15. The highest BCUT2D eigenvalue weighted by Gasteiger charge is 1.92. The Labute approximate surface area is 73.4 Å². The highest BCUT2D eigenvalue weighted by atomic mass is 16.1. The van der Waals surface area contributed by atoms with Crippen LogP contribution < -0.4 is 0 Å². The van der Waals surface area contributed by atoms with Crippen LogP contribution in [0.3, 0.4) is 0 Å². The van der Waals surface area contributed by atoms with Gasteiger partial charge in [0.2, 0.25) is 0 Å². The summed E-state index contributed by atoms with van der Waals surface area (Å²) < 4.78 is 0. The SMILES string of the molecule is C[CH]c1ccc(CCC=O)cc1. The molecular weight excluding hydrogens is 148 g/mol. The van der Waals surface area contributed by atoms with E-state index in [2.05, 4.69) is 30.7 Å². The van der Waals surface area contributed by atoms with Crippen molar-refractivity contribution in [3.63, 3.8) is 0 Å². The van der Waals surface area contributed by atoms with Gasteiger partial charge in [-0.15, -0.1) is 0 Å². The van der Waals surface area contributed by atoms with Crippen molar-refractivity contribution in [2.24, 2.45) is 0 Å². The van der Waals surface area contributed by atoms with Gasteiger partial charge in [0.15, 0.2) is 0 Å². The predicted molar refractivity (Wildman–Crippen MR) is 49.9 cm³/mol. The van der Waals surface area contributed by atoms with Gasteiger partial charge in [-0.25, -0.2) is 0 Å². The molecule has 0 N–H and O–H groups in total. The topological polar surface area (TPSA) is 17.1 Å². The summed E-state index contributed by atoms with van der Waals surface area (Å²) in [5, 5.41) is 0. The molecule has 0 unspecified atom stereocenters. The van der Waals surface area contributed by atoms with E-state index in [0.29, 0.717) is 6.42 Å². The highest BCUT2D eigenvalue weighted by Crippen LogP contribution is 2.07. The van der Waals surface area contributed by atoms with Crippen LogP contribution in [0.15, 0.2) is 24.3 Å². The van der Waals surface area contributed by atoms with Gasteiger partial charge in [-0.2, -0.15) is 0 Å². The monoisotopic (exact) mass is 161 g/mol. The molecule has 1 radical (unpaired) electrons. The van der Waals surface area contributed by atoms with Crippen molar-refractivity contribution in [1.29, 1.82) is 0 Å². The number of hydrogen-bond acceptors (Lipinski definition) is 1. The van der Waals surface area contributed by atoms with Crippen molar-refractivity contribution in [2.75, 3.05) is 0 Å². The van der Waals surface area contributed by atoms with Crippen LogP contribution in [-0.2, 0) is 11.2 Å². The third-order valence-corrected chi connectivity index (χ3v) is 1.86. The first-order valence-corrected chi connectivity index (χ1v) is 4.18. The molecule has 1 heteroatoms. The van der Waals surface area contributed by atoms with Crippen LogP contribution in [0.2, 0.25) is 0 Å². The Morgan fingerprint density at radius 1 is 1.25 bits per heavy atom.